The molecule has 6 nitrogen and oxygen atoms in total. The van der Waals surface area contributed by atoms with E-state index in [2.05, 4.69) is 10.4 Å². The smallest absolute Gasteiger partial charge is 0.381 e. The van der Waals surface area contributed by atoms with E-state index in [1.165, 1.54) is 24.4 Å². The molecule has 4 rings (SSSR count). The van der Waals surface area contributed by atoms with Gasteiger partial charge in [-0.2, -0.15) is 18.3 Å². The first-order valence-electron chi connectivity index (χ1n) is 11.1. The zero-order valence-electron chi connectivity index (χ0n) is 19.5. The van der Waals surface area contributed by atoms with Crippen molar-refractivity contribution in [3.05, 3.63) is 76.4 Å². The lowest BCUT2D eigenvalue weighted by atomic mass is 10.0. The van der Waals surface area contributed by atoms with Crippen LogP contribution in [-0.2, 0) is 0 Å². The maximum absolute atomic E-state index is 14.1. The minimum atomic E-state index is -5.01. The molecule has 0 aliphatic carbocycles. The van der Waals surface area contributed by atoms with Crippen LogP contribution in [0.2, 0.25) is 0 Å². The number of amides is 1. The van der Waals surface area contributed by atoms with Gasteiger partial charge in [-0.15, -0.1) is 11.3 Å². The van der Waals surface area contributed by atoms with Crippen molar-refractivity contribution in [2.75, 3.05) is 25.0 Å². The molecule has 0 saturated carbocycles. The van der Waals surface area contributed by atoms with Gasteiger partial charge >= 0.3 is 6.18 Å². The Morgan fingerprint density at radius 1 is 1.19 bits per heavy atom. The van der Waals surface area contributed by atoms with Crippen LogP contribution in [0, 0.1) is 12.7 Å². The Hall–Kier alpha value is -3.44. The Balaban J connectivity index is 1.63. The van der Waals surface area contributed by atoms with Crippen LogP contribution >= 0.6 is 11.3 Å². The lowest BCUT2D eigenvalue weighted by Crippen LogP contribution is -2.58. The molecule has 190 valence electrons. The maximum atomic E-state index is 14.1. The highest BCUT2D eigenvalue weighted by Crippen LogP contribution is 2.34. The van der Waals surface area contributed by atoms with Crippen molar-refractivity contribution < 1.29 is 27.5 Å². The fraction of sp³-hybridized carbons (Fsp3) is 0.280. The lowest BCUT2D eigenvalue weighted by molar-refractivity contribution is -0.257. The molecule has 2 N–H and O–H groups in total. The average Bonchev–Trinajstić information content (AvgIpc) is 3.51. The molecule has 2 heterocycles. The van der Waals surface area contributed by atoms with Gasteiger partial charge in [0.2, 0.25) is 0 Å². The highest BCUT2D eigenvalue weighted by atomic mass is 32.1. The van der Waals surface area contributed by atoms with Crippen LogP contribution in [0.5, 0.6) is 0 Å². The quantitative estimate of drug-likeness (QED) is 0.305. The predicted octanol–water partition coefficient (Wildman–Crippen LogP) is 5.40. The number of likely N-dealkylation sites (N-methyl/N-ethyl adjacent to an activating group) is 1. The molecule has 1 unspecified atom stereocenters. The summed E-state index contributed by atoms with van der Waals surface area (Å²) in [6.45, 7) is 1.52. The summed E-state index contributed by atoms with van der Waals surface area (Å²) >= 11 is 1.12. The summed E-state index contributed by atoms with van der Waals surface area (Å²) in [7, 11) is 0. The van der Waals surface area contributed by atoms with Crippen molar-refractivity contribution in [2.24, 2.45) is 0 Å². The highest BCUT2D eigenvalue weighted by Gasteiger charge is 2.55. The van der Waals surface area contributed by atoms with E-state index in [4.69, 9.17) is 0 Å². The Morgan fingerprint density at radius 2 is 1.92 bits per heavy atom. The predicted molar refractivity (Wildman–Crippen MR) is 131 cm³/mol. The molecule has 0 saturated heterocycles. The molecule has 0 spiro atoms. The number of anilines is 1. The Bertz CT molecular complexity index is 1350. The average molecular weight is 521 g/mol. The molecular weight excluding hydrogens is 496 g/mol. The number of nitrogens with zero attached hydrogens (tertiary/aromatic N) is 3. The van der Waals surface area contributed by atoms with Crippen LogP contribution in [0.4, 0.5) is 23.2 Å². The second-order valence-electron chi connectivity index (χ2n) is 8.46. The van der Waals surface area contributed by atoms with Gasteiger partial charge in [-0.3, -0.25) is 4.79 Å². The second kappa shape index (κ2) is 9.90. The molecule has 1 atom stereocenters. The molecule has 0 bridgehead atoms. The molecule has 11 heteroatoms. The van der Waals surface area contributed by atoms with Crippen molar-refractivity contribution >= 4 is 33.8 Å². The minimum Gasteiger partial charge on any atom is -0.381 e. The molecule has 0 fully saturated rings. The topological polar surface area (TPSA) is 70.4 Å². The van der Waals surface area contributed by atoms with Gasteiger partial charge < -0.3 is 15.3 Å². The number of hydrogen-bond donors (Lipinski definition) is 2. The fourth-order valence-electron chi connectivity index (χ4n) is 3.89. The van der Waals surface area contributed by atoms with Gasteiger partial charge in [0.1, 0.15) is 5.82 Å². The second-order valence-corrected chi connectivity index (χ2v) is 9.41. The molecule has 4 aromatic rings. The lowest BCUT2D eigenvalue weighted by Gasteiger charge is -2.35. The van der Waals surface area contributed by atoms with Gasteiger partial charge in [-0.1, -0.05) is 6.07 Å². The van der Waals surface area contributed by atoms with Gasteiger partial charge in [0.25, 0.3) is 5.91 Å². The van der Waals surface area contributed by atoms with E-state index in [9.17, 15) is 27.5 Å². The summed E-state index contributed by atoms with van der Waals surface area (Å²) in [5.74, 6) is -0.979. The molecule has 2 aromatic heterocycles. The Morgan fingerprint density at radius 3 is 2.53 bits per heavy atom. The number of nitrogens with one attached hydrogen (secondary N) is 1. The Kier molecular flexibility index (Phi) is 7.05. The third-order valence-electron chi connectivity index (χ3n) is 5.86. The fourth-order valence-corrected chi connectivity index (χ4v) is 4.58. The highest BCUT2D eigenvalue weighted by molar-refractivity contribution is 7.12. The van der Waals surface area contributed by atoms with Crippen molar-refractivity contribution in [3.8, 4) is 5.69 Å². The van der Waals surface area contributed by atoms with E-state index < -0.39 is 36.6 Å². The number of carbonyl (C=O) groups is 1. The standard InChI is InChI=1S/C25H24F4N4O2S/c1-3-32(23(34)22-5-4-10-36-22)15-24(35,25(27,28)29)14-30-20-11-16(2)12-21-19(20)13-31-33(21)18-8-6-17(26)7-9-18/h4-13,30,35H,3,14-15H2,1-2H3. The molecule has 2 aromatic carbocycles. The van der Waals surface area contributed by atoms with E-state index in [1.54, 1.807) is 48.2 Å². The van der Waals surface area contributed by atoms with Gasteiger partial charge in [-0.05, 0) is 67.3 Å². The van der Waals surface area contributed by atoms with Crippen LogP contribution in [-0.4, -0.2) is 57.1 Å². The number of thiophene rings is 1. The molecule has 36 heavy (non-hydrogen) atoms. The van der Waals surface area contributed by atoms with Crippen LogP contribution in [0.1, 0.15) is 22.2 Å². The van der Waals surface area contributed by atoms with Crippen LogP contribution in [0.25, 0.3) is 16.6 Å². The zero-order valence-corrected chi connectivity index (χ0v) is 20.3. The van der Waals surface area contributed by atoms with Crippen LogP contribution < -0.4 is 5.32 Å². The number of fused-ring (bicyclic) bond motifs is 1. The van der Waals surface area contributed by atoms with E-state index >= 15 is 0 Å². The van der Waals surface area contributed by atoms with Crippen molar-refractivity contribution in [1.29, 1.82) is 0 Å². The number of alkyl halides is 3. The number of aryl methyl sites for hydroxylation is 1. The van der Waals surface area contributed by atoms with Crippen LogP contribution in [0.3, 0.4) is 0 Å². The van der Waals surface area contributed by atoms with Gasteiger partial charge in [0.05, 0.1) is 35.4 Å². The first kappa shape index (κ1) is 25.6. The normalized spacial score (nSPS) is 13.5. The monoisotopic (exact) mass is 520 g/mol. The largest absolute Gasteiger partial charge is 0.420 e. The van der Waals surface area contributed by atoms with E-state index in [0.717, 1.165) is 21.8 Å². The summed E-state index contributed by atoms with van der Waals surface area (Å²) in [6.07, 6.45) is -3.52. The molecule has 0 aliphatic rings. The molecule has 0 aliphatic heterocycles. The van der Waals surface area contributed by atoms with Crippen molar-refractivity contribution in [3.63, 3.8) is 0 Å². The number of benzene rings is 2. The van der Waals surface area contributed by atoms with Gasteiger partial charge in [0, 0.05) is 17.6 Å². The first-order chi connectivity index (χ1) is 17.0. The number of carbonyl (C=O) groups excluding carboxylic acids is 1. The Labute approximate surface area is 208 Å². The molecular formula is C25H24F4N4O2S. The van der Waals surface area contributed by atoms with Gasteiger partial charge in [0.15, 0.2) is 5.60 Å². The van der Waals surface area contributed by atoms with E-state index in [0.29, 0.717) is 27.2 Å². The summed E-state index contributed by atoms with van der Waals surface area (Å²) in [6, 6.07) is 12.3. The number of halogens is 4. The SMILES string of the molecule is CCN(CC(O)(CNc1cc(C)cc2c1cnn2-c1ccc(F)cc1)C(F)(F)F)C(=O)c1cccs1. The summed E-state index contributed by atoms with van der Waals surface area (Å²) in [5.41, 5.74) is -0.942. The van der Waals surface area contributed by atoms with Crippen molar-refractivity contribution in [2.45, 2.75) is 25.6 Å². The maximum Gasteiger partial charge on any atom is 0.420 e. The summed E-state index contributed by atoms with van der Waals surface area (Å²) in [5, 5.41) is 20.0. The summed E-state index contributed by atoms with van der Waals surface area (Å²) in [4.78, 5) is 14.0. The zero-order chi connectivity index (χ0) is 26.1. The van der Waals surface area contributed by atoms with E-state index in [1.807, 2.05) is 6.07 Å². The summed E-state index contributed by atoms with van der Waals surface area (Å²) < 4.78 is 57.2. The number of aromatic nitrogens is 2. The number of rotatable bonds is 8. The number of aliphatic hydroxyl groups is 1. The molecule has 1 amide bonds. The number of hydrogen-bond acceptors (Lipinski definition) is 5. The van der Waals surface area contributed by atoms with E-state index in [-0.39, 0.29) is 6.54 Å². The van der Waals surface area contributed by atoms with Gasteiger partial charge in [-0.25, -0.2) is 9.07 Å². The van der Waals surface area contributed by atoms with Crippen LogP contribution in [0.15, 0.2) is 60.1 Å². The van der Waals surface area contributed by atoms with Crippen molar-refractivity contribution in [1.82, 2.24) is 14.7 Å². The first-order valence-corrected chi connectivity index (χ1v) is 12.0. The molecule has 0 radical (unpaired) electrons. The minimum absolute atomic E-state index is 0.00570. The third-order valence-corrected chi connectivity index (χ3v) is 6.71. The third kappa shape index (κ3) is 5.07.